The Morgan fingerprint density at radius 1 is 1.25 bits per heavy atom. The van der Waals surface area contributed by atoms with Crippen molar-refractivity contribution in [1.29, 1.82) is 0 Å². The smallest absolute Gasteiger partial charge is 0.412 e. The minimum absolute atomic E-state index is 0.0113. The fourth-order valence-corrected chi connectivity index (χ4v) is 3.63. The van der Waals surface area contributed by atoms with Crippen LogP contribution in [0.3, 0.4) is 0 Å². The largest absolute Gasteiger partial charge is 0.506 e. The topological polar surface area (TPSA) is 114 Å². The summed E-state index contributed by atoms with van der Waals surface area (Å²) in [6.07, 6.45) is -0.721. The van der Waals surface area contributed by atoms with Crippen molar-refractivity contribution in [2.24, 2.45) is 5.18 Å². The number of hydrogen-bond donors (Lipinski definition) is 2. The molecule has 0 aliphatic rings. The molecular weight excluding hydrogens is 384 g/mol. The van der Waals surface area contributed by atoms with Gasteiger partial charge in [0, 0.05) is 25.7 Å². The number of hydrogen-bond acceptors (Lipinski definition) is 8. The average Bonchev–Trinajstić information content (AvgIpc) is 3.03. The Balaban J connectivity index is 1.73. The summed E-state index contributed by atoms with van der Waals surface area (Å²) in [6.45, 7) is 5.05. The lowest BCUT2D eigenvalue weighted by Gasteiger charge is -2.08. The zero-order valence-electron chi connectivity index (χ0n) is 14.9. The predicted octanol–water partition coefficient (Wildman–Crippen LogP) is 4.37. The lowest BCUT2D eigenvalue weighted by molar-refractivity contribution is -0.138. The number of ether oxygens (including phenoxy) is 2. The molecule has 2 aromatic carbocycles. The van der Waals surface area contributed by atoms with Gasteiger partial charge in [0.25, 0.3) is 0 Å². The highest BCUT2D eigenvalue weighted by Crippen LogP contribution is 2.44. The minimum Gasteiger partial charge on any atom is -0.506 e. The number of phenolic OH excluding ortho intramolecular Hbond substituents is 1. The molecule has 0 radical (unpaired) electrons. The molecule has 1 amide bonds. The summed E-state index contributed by atoms with van der Waals surface area (Å²) in [4.78, 5) is 34.3. The number of fused-ring (bicyclic) bond motifs is 3. The van der Waals surface area contributed by atoms with Crippen molar-refractivity contribution < 1.29 is 24.2 Å². The first kappa shape index (κ1) is 19.3. The molecule has 144 valence electrons. The van der Waals surface area contributed by atoms with E-state index in [4.69, 9.17) is 9.47 Å². The zero-order chi connectivity index (χ0) is 20.3. The van der Waals surface area contributed by atoms with Crippen LogP contribution >= 0.6 is 11.3 Å². The number of nitrogens with one attached hydrogen (secondary N) is 1. The third kappa shape index (κ3) is 3.94. The van der Waals surface area contributed by atoms with Gasteiger partial charge in [0.1, 0.15) is 18.1 Å². The number of phenols is 1. The number of carbonyl (C=O) groups excluding carboxylic acids is 2. The molecule has 9 heteroatoms. The molecule has 0 unspecified atom stereocenters. The van der Waals surface area contributed by atoms with Gasteiger partial charge >= 0.3 is 12.1 Å². The highest BCUT2D eigenvalue weighted by Gasteiger charge is 2.15. The first-order chi connectivity index (χ1) is 13.4. The number of carbonyl (C=O) groups is 2. The summed E-state index contributed by atoms with van der Waals surface area (Å²) >= 11 is 1.43. The lowest BCUT2D eigenvalue weighted by Crippen LogP contribution is -2.30. The molecule has 28 heavy (non-hydrogen) atoms. The van der Waals surface area contributed by atoms with E-state index >= 15 is 0 Å². The molecule has 3 rings (SSSR count). The summed E-state index contributed by atoms with van der Waals surface area (Å²) in [5, 5.41) is 16.4. The Morgan fingerprint density at radius 2 is 2.00 bits per heavy atom. The van der Waals surface area contributed by atoms with Crippen LogP contribution in [0, 0.1) is 4.91 Å². The Kier molecular flexibility index (Phi) is 5.55. The van der Waals surface area contributed by atoms with E-state index in [1.165, 1.54) is 24.3 Å². The number of esters is 1. The maximum absolute atomic E-state index is 11.9. The summed E-state index contributed by atoms with van der Waals surface area (Å²) in [7, 11) is 0. The van der Waals surface area contributed by atoms with Gasteiger partial charge in [-0.05, 0) is 42.4 Å². The van der Waals surface area contributed by atoms with E-state index in [1.54, 1.807) is 24.3 Å². The first-order valence-electron chi connectivity index (χ1n) is 8.20. The SMILES string of the molecule is C=C(C)C(=O)OCCNC(=O)Oc1ccc2sc3ccc(O)c(N=O)c3c2c1. The summed E-state index contributed by atoms with van der Waals surface area (Å²) in [5.74, 6) is -0.493. The third-order valence-electron chi connectivity index (χ3n) is 3.81. The third-order valence-corrected chi connectivity index (χ3v) is 4.95. The molecule has 0 aliphatic heterocycles. The number of nitroso groups, excluding NO2 is 1. The molecule has 0 bridgehead atoms. The number of thiophene rings is 1. The van der Waals surface area contributed by atoms with Crippen LogP contribution in [-0.4, -0.2) is 30.3 Å². The minimum atomic E-state index is -0.721. The Morgan fingerprint density at radius 3 is 2.71 bits per heavy atom. The van der Waals surface area contributed by atoms with Gasteiger partial charge in [0.2, 0.25) is 0 Å². The number of amides is 1. The molecule has 0 fully saturated rings. The highest BCUT2D eigenvalue weighted by atomic mass is 32.1. The van der Waals surface area contributed by atoms with Crippen LogP contribution in [0.25, 0.3) is 20.2 Å². The number of benzene rings is 2. The van der Waals surface area contributed by atoms with Gasteiger partial charge in [-0.2, -0.15) is 0 Å². The van der Waals surface area contributed by atoms with E-state index in [-0.39, 0.29) is 35.9 Å². The summed E-state index contributed by atoms with van der Waals surface area (Å²) in [6, 6.07) is 8.08. The normalized spacial score (nSPS) is 10.6. The second-order valence-corrected chi connectivity index (χ2v) is 6.97. The van der Waals surface area contributed by atoms with Crippen LogP contribution < -0.4 is 10.1 Å². The van der Waals surface area contributed by atoms with Crippen molar-refractivity contribution in [2.45, 2.75) is 6.92 Å². The molecule has 0 atom stereocenters. The van der Waals surface area contributed by atoms with Crippen LogP contribution in [-0.2, 0) is 9.53 Å². The fourth-order valence-electron chi connectivity index (χ4n) is 2.54. The molecule has 1 aromatic heterocycles. The first-order valence-corrected chi connectivity index (χ1v) is 9.02. The van der Waals surface area contributed by atoms with Gasteiger partial charge in [0.05, 0.1) is 6.54 Å². The second-order valence-electron chi connectivity index (χ2n) is 5.89. The van der Waals surface area contributed by atoms with Crippen LogP contribution in [0.15, 0.2) is 47.7 Å². The van der Waals surface area contributed by atoms with Crippen molar-refractivity contribution in [1.82, 2.24) is 5.32 Å². The number of aromatic hydroxyl groups is 1. The molecule has 2 N–H and O–H groups in total. The maximum Gasteiger partial charge on any atom is 0.412 e. The van der Waals surface area contributed by atoms with Crippen LogP contribution in [0.1, 0.15) is 6.92 Å². The maximum atomic E-state index is 11.9. The average molecular weight is 400 g/mol. The molecule has 3 aromatic rings. The molecule has 0 saturated carbocycles. The standard InChI is InChI=1S/C19H16N2O6S/c1-10(2)18(23)26-8-7-20-19(24)27-11-3-5-14-12(9-11)16-15(28-14)6-4-13(22)17(16)21-25/h3-6,9,22H,1,7-8H2,2H3,(H,20,24). The van der Waals surface area contributed by atoms with E-state index < -0.39 is 12.1 Å². The Hall–Kier alpha value is -3.46. The van der Waals surface area contributed by atoms with Crippen molar-refractivity contribution in [3.63, 3.8) is 0 Å². The summed E-state index contributed by atoms with van der Waals surface area (Å²) in [5.41, 5.74) is 0.221. The van der Waals surface area contributed by atoms with E-state index in [2.05, 4.69) is 17.1 Å². The molecule has 0 spiro atoms. The van der Waals surface area contributed by atoms with E-state index in [0.717, 1.165) is 9.40 Å². The van der Waals surface area contributed by atoms with Crippen molar-refractivity contribution in [3.8, 4) is 11.5 Å². The van der Waals surface area contributed by atoms with Crippen LogP contribution in [0.5, 0.6) is 11.5 Å². The number of nitrogens with zero attached hydrogens (tertiary/aromatic N) is 1. The van der Waals surface area contributed by atoms with Crippen molar-refractivity contribution in [2.75, 3.05) is 13.2 Å². The predicted molar refractivity (Wildman–Crippen MR) is 106 cm³/mol. The Labute approximate surface area is 163 Å². The van der Waals surface area contributed by atoms with Crippen molar-refractivity contribution in [3.05, 3.63) is 47.4 Å². The van der Waals surface area contributed by atoms with Crippen LogP contribution in [0.4, 0.5) is 10.5 Å². The van der Waals surface area contributed by atoms with Crippen molar-refractivity contribution >= 4 is 49.3 Å². The van der Waals surface area contributed by atoms with Gasteiger partial charge in [-0.1, -0.05) is 6.58 Å². The molecular formula is C19H16N2O6S. The quantitative estimate of drug-likeness (QED) is 0.275. The lowest BCUT2D eigenvalue weighted by atomic mass is 10.1. The van der Waals surface area contributed by atoms with Gasteiger partial charge in [0.15, 0.2) is 5.69 Å². The fraction of sp³-hybridized carbons (Fsp3) is 0.158. The highest BCUT2D eigenvalue weighted by molar-refractivity contribution is 7.26. The molecule has 1 heterocycles. The molecule has 0 aliphatic carbocycles. The van der Waals surface area contributed by atoms with E-state index in [0.29, 0.717) is 10.8 Å². The van der Waals surface area contributed by atoms with Gasteiger partial charge in [-0.15, -0.1) is 16.2 Å². The van der Waals surface area contributed by atoms with E-state index in [1.807, 2.05) is 0 Å². The van der Waals surface area contributed by atoms with Gasteiger partial charge in [-0.3, -0.25) is 0 Å². The van der Waals surface area contributed by atoms with Gasteiger partial charge in [-0.25, -0.2) is 9.59 Å². The Bertz CT molecular complexity index is 1100. The monoisotopic (exact) mass is 400 g/mol. The van der Waals surface area contributed by atoms with Crippen LogP contribution in [0.2, 0.25) is 0 Å². The van der Waals surface area contributed by atoms with E-state index in [9.17, 15) is 19.6 Å². The number of rotatable bonds is 6. The summed E-state index contributed by atoms with van der Waals surface area (Å²) < 4.78 is 11.7. The molecule has 0 saturated heterocycles. The molecule has 8 nitrogen and oxygen atoms in total. The second kappa shape index (κ2) is 8.05. The zero-order valence-corrected chi connectivity index (χ0v) is 15.7. The van der Waals surface area contributed by atoms with Gasteiger partial charge < -0.3 is 19.9 Å².